The predicted octanol–water partition coefficient (Wildman–Crippen LogP) is 6.38. The van der Waals surface area contributed by atoms with Gasteiger partial charge in [0.1, 0.15) is 5.52 Å². The van der Waals surface area contributed by atoms with Gasteiger partial charge in [-0.05, 0) is 43.7 Å². The zero-order valence-corrected chi connectivity index (χ0v) is 18.4. The van der Waals surface area contributed by atoms with Crippen LogP contribution in [0.15, 0.2) is 36.7 Å². The van der Waals surface area contributed by atoms with Crippen molar-refractivity contribution in [1.82, 2.24) is 15.0 Å². The van der Waals surface area contributed by atoms with Crippen molar-refractivity contribution in [2.24, 2.45) is 11.3 Å². The van der Waals surface area contributed by atoms with E-state index in [1.54, 1.807) is 12.4 Å². The Balaban J connectivity index is 1.41. The summed E-state index contributed by atoms with van der Waals surface area (Å²) in [4.78, 5) is 26.0. The van der Waals surface area contributed by atoms with E-state index in [2.05, 4.69) is 46.5 Å². The standard InChI is InChI=1S/C26H32N4O/c1-26(12-5-2-6-13-26)24(31)21-16-28-25-23(21)30-22(17-29-25)19-10-7-11-20(14-19)27-15-18-8-3-4-9-18/h7,10-11,14,16-18,27H,2-6,8-9,12-13,15H2,1H3,(H,28,29). The molecule has 3 aromatic rings. The second-order valence-corrected chi connectivity index (χ2v) is 9.72. The van der Waals surface area contributed by atoms with Crippen molar-refractivity contribution < 1.29 is 4.79 Å². The van der Waals surface area contributed by atoms with Crippen LogP contribution in [0.4, 0.5) is 5.69 Å². The maximum absolute atomic E-state index is 13.4. The van der Waals surface area contributed by atoms with Gasteiger partial charge in [0.15, 0.2) is 11.4 Å². The van der Waals surface area contributed by atoms with Crippen molar-refractivity contribution in [3.63, 3.8) is 0 Å². The molecule has 162 valence electrons. The highest BCUT2D eigenvalue weighted by molar-refractivity contribution is 6.08. The van der Waals surface area contributed by atoms with Crippen molar-refractivity contribution in [3.8, 4) is 11.3 Å². The minimum Gasteiger partial charge on any atom is -0.385 e. The molecule has 2 heterocycles. The second kappa shape index (κ2) is 8.45. The molecule has 0 unspecified atom stereocenters. The monoisotopic (exact) mass is 416 g/mol. The lowest BCUT2D eigenvalue weighted by Gasteiger charge is -2.31. The number of fused-ring (bicyclic) bond motifs is 1. The molecule has 2 fully saturated rings. The van der Waals surface area contributed by atoms with Gasteiger partial charge in [0.25, 0.3) is 0 Å². The third-order valence-electron chi connectivity index (χ3n) is 7.36. The number of aromatic amines is 1. The first-order valence-electron chi connectivity index (χ1n) is 11.9. The maximum atomic E-state index is 13.4. The summed E-state index contributed by atoms with van der Waals surface area (Å²) in [5.41, 5.74) is 4.72. The Hall–Kier alpha value is -2.69. The van der Waals surface area contributed by atoms with Crippen LogP contribution in [0.1, 0.15) is 75.1 Å². The van der Waals surface area contributed by atoms with E-state index < -0.39 is 0 Å². The molecule has 31 heavy (non-hydrogen) atoms. The Bertz CT molecular complexity index is 1070. The van der Waals surface area contributed by atoms with Gasteiger partial charge in [-0.15, -0.1) is 0 Å². The normalized spacial score (nSPS) is 19.0. The molecular weight excluding hydrogens is 384 g/mol. The number of carbonyl (C=O) groups is 1. The largest absolute Gasteiger partial charge is 0.385 e. The fourth-order valence-electron chi connectivity index (χ4n) is 5.35. The quantitative estimate of drug-likeness (QED) is 0.457. The Morgan fingerprint density at radius 1 is 1.16 bits per heavy atom. The zero-order chi connectivity index (χ0) is 21.3. The molecule has 0 saturated heterocycles. The van der Waals surface area contributed by atoms with Crippen molar-refractivity contribution in [2.75, 3.05) is 11.9 Å². The minimum atomic E-state index is -0.283. The van der Waals surface area contributed by atoms with Gasteiger partial charge in [0.2, 0.25) is 0 Å². The first-order chi connectivity index (χ1) is 15.1. The Morgan fingerprint density at radius 2 is 1.97 bits per heavy atom. The molecule has 5 heteroatoms. The van der Waals surface area contributed by atoms with Gasteiger partial charge in [-0.3, -0.25) is 4.79 Å². The van der Waals surface area contributed by atoms with E-state index in [0.717, 1.165) is 55.1 Å². The number of anilines is 1. The molecule has 0 radical (unpaired) electrons. The van der Waals surface area contributed by atoms with Gasteiger partial charge in [-0.1, -0.05) is 51.2 Å². The lowest BCUT2D eigenvalue weighted by atomic mass is 9.71. The number of nitrogens with one attached hydrogen (secondary N) is 2. The molecule has 1 aromatic carbocycles. The molecule has 2 N–H and O–H groups in total. The van der Waals surface area contributed by atoms with Gasteiger partial charge in [0.05, 0.1) is 17.5 Å². The van der Waals surface area contributed by atoms with E-state index in [4.69, 9.17) is 4.98 Å². The van der Waals surface area contributed by atoms with Crippen molar-refractivity contribution in [2.45, 2.75) is 64.7 Å². The van der Waals surface area contributed by atoms with Gasteiger partial charge < -0.3 is 10.3 Å². The summed E-state index contributed by atoms with van der Waals surface area (Å²) < 4.78 is 0. The van der Waals surface area contributed by atoms with Crippen LogP contribution in [-0.4, -0.2) is 27.3 Å². The molecule has 2 aliphatic rings. The topological polar surface area (TPSA) is 70.7 Å². The molecule has 2 aromatic heterocycles. The van der Waals surface area contributed by atoms with Gasteiger partial charge >= 0.3 is 0 Å². The summed E-state index contributed by atoms with van der Waals surface area (Å²) in [6.07, 6.45) is 14.4. The number of hydrogen-bond donors (Lipinski definition) is 2. The fraction of sp³-hybridized carbons (Fsp3) is 0.500. The number of carbonyl (C=O) groups excluding carboxylic acids is 1. The molecule has 2 saturated carbocycles. The molecule has 0 aliphatic heterocycles. The first kappa shape index (κ1) is 20.2. The lowest BCUT2D eigenvalue weighted by molar-refractivity contribution is 0.0751. The van der Waals surface area contributed by atoms with E-state index in [9.17, 15) is 4.79 Å². The van der Waals surface area contributed by atoms with Crippen LogP contribution in [0.25, 0.3) is 22.4 Å². The van der Waals surface area contributed by atoms with Gasteiger partial charge in [-0.25, -0.2) is 9.97 Å². The SMILES string of the molecule is CC1(C(=O)c2c[nH]c3ncc(-c4cccc(NCC5CCCC5)c4)nc23)CCCCC1. The van der Waals surface area contributed by atoms with Crippen LogP contribution in [0, 0.1) is 11.3 Å². The number of rotatable bonds is 6. The molecule has 0 amide bonds. The zero-order valence-electron chi connectivity index (χ0n) is 18.4. The third kappa shape index (κ3) is 4.10. The highest BCUT2D eigenvalue weighted by Crippen LogP contribution is 2.39. The molecule has 0 atom stereocenters. The summed E-state index contributed by atoms with van der Waals surface area (Å²) in [5.74, 6) is 0.992. The number of H-pyrrole nitrogens is 1. The first-order valence-corrected chi connectivity index (χ1v) is 11.9. The van der Waals surface area contributed by atoms with Crippen molar-refractivity contribution in [3.05, 3.63) is 42.2 Å². The third-order valence-corrected chi connectivity index (χ3v) is 7.36. The summed E-state index contributed by atoms with van der Waals surface area (Å²) in [5, 5.41) is 3.60. The lowest BCUT2D eigenvalue weighted by Crippen LogP contribution is -2.30. The molecule has 2 aliphatic carbocycles. The number of benzene rings is 1. The van der Waals surface area contributed by atoms with Gasteiger partial charge in [-0.2, -0.15) is 0 Å². The molecule has 0 bridgehead atoms. The highest BCUT2D eigenvalue weighted by Gasteiger charge is 2.36. The summed E-state index contributed by atoms with van der Waals surface area (Å²) in [6.45, 7) is 3.15. The summed E-state index contributed by atoms with van der Waals surface area (Å²) in [6, 6.07) is 8.37. The van der Waals surface area contributed by atoms with Gasteiger partial charge in [0, 0.05) is 29.4 Å². The maximum Gasteiger partial charge on any atom is 0.172 e. The van der Waals surface area contributed by atoms with E-state index in [1.165, 1.54) is 32.1 Å². The second-order valence-electron chi connectivity index (χ2n) is 9.72. The smallest absolute Gasteiger partial charge is 0.172 e. The minimum absolute atomic E-state index is 0.205. The number of Topliss-reactive ketones (excluding diaryl/α,β-unsaturated/α-hetero) is 1. The van der Waals surface area contributed by atoms with Crippen LogP contribution in [0.2, 0.25) is 0 Å². The predicted molar refractivity (Wildman–Crippen MR) is 125 cm³/mol. The Labute approximate surface area is 184 Å². The average Bonchev–Trinajstić information content (AvgIpc) is 3.47. The number of ketones is 1. The van der Waals surface area contributed by atoms with Crippen LogP contribution in [-0.2, 0) is 0 Å². The van der Waals surface area contributed by atoms with Crippen LogP contribution in [0.3, 0.4) is 0 Å². The van der Waals surface area contributed by atoms with E-state index in [0.29, 0.717) is 16.7 Å². The van der Waals surface area contributed by atoms with Crippen LogP contribution in [0.5, 0.6) is 0 Å². The fourth-order valence-corrected chi connectivity index (χ4v) is 5.35. The Morgan fingerprint density at radius 3 is 2.77 bits per heavy atom. The van der Waals surface area contributed by atoms with Crippen LogP contribution < -0.4 is 5.32 Å². The number of nitrogens with zero attached hydrogens (tertiary/aromatic N) is 2. The summed E-state index contributed by atoms with van der Waals surface area (Å²) >= 11 is 0. The van der Waals surface area contributed by atoms with E-state index in [-0.39, 0.29) is 11.2 Å². The molecule has 5 nitrogen and oxygen atoms in total. The molecule has 0 spiro atoms. The molecule has 5 rings (SSSR count). The number of hydrogen-bond acceptors (Lipinski definition) is 4. The van der Waals surface area contributed by atoms with Crippen molar-refractivity contribution >= 4 is 22.6 Å². The highest BCUT2D eigenvalue weighted by atomic mass is 16.1. The van der Waals surface area contributed by atoms with E-state index >= 15 is 0 Å². The molecular formula is C26H32N4O. The average molecular weight is 417 g/mol. The van der Waals surface area contributed by atoms with Crippen molar-refractivity contribution in [1.29, 1.82) is 0 Å². The Kier molecular flexibility index (Phi) is 5.51. The van der Waals surface area contributed by atoms with E-state index in [1.807, 2.05) is 0 Å². The van der Waals surface area contributed by atoms with Crippen LogP contribution >= 0.6 is 0 Å². The number of aromatic nitrogens is 3. The summed E-state index contributed by atoms with van der Waals surface area (Å²) in [7, 11) is 0.